The van der Waals surface area contributed by atoms with E-state index in [0.29, 0.717) is 11.7 Å². The number of carbonyl (C=O) groups excluding carboxylic acids is 2. The van der Waals surface area contributed by atoms with Crippen LogP contribution in [-0.4, -0.2) is 34.2 Å². The van der Waals surface area contributed by atoms with Gasteiger partial charge in [0.05, 0.1) is 17.8 Å². The van der Waals surface area contributed by atoms with Gasteiger partial charge in [-0.2, -0.15) is 5.10 Å². The van der Waals surface area contributed by atoms with E-state index in [-0.39, 0.29) is 24.9 Å². The van der Waals surface area contributed by atoms with Gasteiger partial charge in [-0.05, 0) is 18.4 Å². The SMILES string of the molecule is NCC(C(=O)Nc1cnn(CC(=O)NC2CC2)c1)c1ccccc1. The number of hydrogen-bond donors (Lipinski definition) is 3. The minimum atomic E-state index is -0.423. The molecular formula is C17H21N5O2. The molecule has 2 aromatic rings. The largest absolute Gasteiger partial charge is 0.352 e. The number of amides is 2. The number of carbonyl (C=O) groups is 2. The molecule has 7 nitrogen and oxygen atoms in total. The van der Waals surface area contributed by atoms with Crippen molar-refractivity contribution in [3.8, 4) is 0 Å². The summed E-state index contributed by atoms with van der Waals surface area (Å²) in [7, 11) is 0. The van der Waals surface area contributed by atoms with Crippen molar-refractivity contribution in [3.63, 3.8) is 0 Å². The quantitative estimate of drug-likeness (QED) is 0.701. The number of benzene rings is 1. The summed E-state index contributed by atoms with van der Waals surface area (Å²) >= 11 is 0. The Labute approximate surface area is 140 Å². The van der Waals surface area contributed by atoms with Gasteiger partial charge in [0, 0.05) is 18.8 Å². The van der Waals surface area contributed by atoms with Crippen molar-refractivity contribution in [3.05, 3.63) is 48.3 Å². The molecule has 24 heavy (non-hydrogen) atoms. The fourth-order valence-corrected chi connectivity index (χ4v) is 2.47. The van der Waals surface area contributed by atoms with Crippen LogP contribution in [0.2, 0.25) is 0 Å². The fraction of sp³-hybridized carbons (Fsp3) is 0.353. The van der Waals surface area contributed by atoms with E-state index in [0.717, 1.165) is 18.4 Å². The second-order valence-electron chi connectivity index (χ2n) is 5.96. The number of nitrogens with zero attached hydrogens (tertiary/aromatic N) is 2. The highest BCUT2D eigenvalue weighted by molar-refractivity contribution is 5.95. The van der Waals surface area contributed by atoms with Crippen LogP contribution in [0.4, 0.5) is 5.69 Å². The van der Waals surface area contributed by atoms with Crippen LogP contribution in [0.25, 0.3) is 0 Å². The van der Waals surface area contributed by atoms with Gasteiger partial charge in [-0.15, -0.1) is 0 Å². The van der Waals surface area contributed by atoms with Crippen LogP contribution in [-0.2, 0) is 16.1 Å². The van der Waals surface area contributed by atoms with E-state index in [1.165, 1.54) is 10.9 Å². The molecule has 0 saturated heterocycles. The first-order valence-electron chi connectivity index (χ1n) is 8.03. The van der Waals surface area contributed by atoms with Crippen LogP contribution < -0.4 is 16.4 Å². The highest BCUT2D eigenvalue weighted by Crippen LogP contribution is 2.19. The highest BCUT2D eigenvalue weighted by Gasteiger charge is 2.23. The minimum absolute atomic E-state index is 0.0670. The summed E-state index contributed by atoms with van der Waals surface area (Å²) in [4.78, 5) is 24.2. The van der Waals surface area contributed by atoms with Crippen molar-refractivity contribution >= 4 is 17.5 Å². The van der Waals surface area contributed by atoms with E-state index in [9.17, 15) is 9.59 Å². The lowest BCUT2D eigenvalue weighted by Crippen LogP contribution is -2.29. The summed E-state index contributed by atoms with van der Waals surface area (Å²) in [5.41, 5.74) is 7.17. The maximum Gasteiger partial charge on any atom is 0.241 e. The Morgan fingerprint density at radius 3 is 2.71 bits per heavy atom. The van der Waals surface area contributed by atoms with E-state index in [4.69, 9.17) is 5.73 Å². The zero-order chi connectivity index (χ0) is 16.9. The van der Waals surface area contributed by atoms with Gasteiger partial charge in [0.2, 0.25) is 11.8 Å². The lowest BCUT2D eigenvalue weighted by Gasteiger charge is -2.14. The van der Waals surface area contributed by atoms with Crippen molar-refractivity contribution in [2.45, 2.75) is 31.3 Å². The average Bonchev–Trinajstić information content (AvgIpc) is 3.27. The Balaban J connectivity index is 1.58. The van der Waals surface area contributed by atoms with Crippen LogP contribution in [0.3, 0.4) is 0 Å². The first-order valence-corrected chi connectivity index (χ1v) is 8.03. The average molecular weight is 327 g/mol. The maximum absolute atomic E-state index is 12.4. The van der Waals surface area contributed by atoms with Crippen LogP contribution in [0.15, 0.2) is 42.7 Å². The molecule has 0 radical (unpaired) electrons. The number of anilines is 1. The topological polar surface area (TPSA) is 102 Å². The monoisotopic (exact) mass is 327 g/mol. The van der Waals surface area contributed by atoms with Crippen LogP contribution in [0.1, 0.15) is 24.3 Å². The van der Waals surface area contributed by atoms with Crippen molar-refractivity contribution in [1.29, 1.82) is 0 Å². The van der Waals surface area contributed by atoms with Gasteiger partial charge in [0.25, 0.3) is 0 Å². The van der Waals surface area contributed by atoms with Crippen molar-refractivity contribution in [2.75, 3.05) is 11.9 Å². The van der Waals surface area contributed by atoms with Crippen LogP contribution in [0.5, 0.6) is 0 Å². The number of nitrogens with one attached hydrogen (secondary N) is 2. The molecule has 2 amide bonds. The summed E-state index contributed by atoms with van der Waals surface area (Å²) in [6, 6.07) is 9.73. The van der Waals surface area contributed by atoms with Gasteiger partial charge in [-0.3, -0.25) is 14.3 Å². The second-order valence-corrected chi connectivity index (χ2v) is 5.96. The van der Waals surface area contributed by atoms with E-state index in [2.05, 4.69) is 15.7 Å². The Morgan fingerprint density at radius 2 is 2.04 bits per heavy atom. The molecule has 7 heteroatoms. The molecule has 1 aliphatic carbocycles. The molecule has 126 valence electrons. The Kier molecular flexibility index (Phi) is 4.90. The molecule has 1 heterocycles. The van der Waals surface area contributed by atoms with Gasteiger partial charge >= 0.3 is 0 Å². The van der Waals surface area contributed by atoms with Crippen LogP contribution >= 0.6 is 0 Å². The predicted molar refractivity (Wildman–Crippen MR) is 90.3 cm³/mol. The van der Waals surface area contributed by atoms with Crippen molar-refractivity contribution < 1.29 is 9.59 Å². The number of aromatic nitrogens is 2. The van der Waals surface area contributed by atoms with E-state index in [1.807, 2.05) is 30.3 Å². The van der Waals surface area contributed by atoms with Crippen LogP contribution in [0, 0.1) is 0 Å². The molecule has 1 aliphatic rings. The molecule has 3 rings (SSSR count). The molecular weight excluding hydrogens is 306 g/mol. The zero-order valence-corrected chi connectivity index (χ0v) is 13.3. The zero-order valence-electron chi connectivity index (χ0n) is 13.3. The molecule has 1 saturated carbocycles. The minimum Gasteiger partial charge on any atom is -0.352 e. The lowest BCUT2D eigenvalue weighted by atomic mass is 9.98. The molecule has 0 bridgehead atoms. The summed E-state index contributed by atoms with van der Waals surface area (Å²) in [6.07, 6.45) is 5.27. The summed E-state index contributed by atoms with van der Waals surface area (Å²) in [6.45, 7) is 0.360. The van der Waals surface area contributed by atoms with Gasteiger partial charge in [0.1, 0.15) is 6.54 Å². The van der Waals surface area contributed by atoms with Gasteiger partial charge in [0.15, 0.2) is 0 Å². The first-order chi connectivity index (χ1) is 11.7. The van der Waals surface area contributed by atoms with E-state index < -0.39 is 5.92 Å². The summed E-state index contributed by atoms with van der Waals surface area (Å²) < 4.78 is 1.51. The standard InChI is InChI=1S/C17H21N5O2/c18-8-15(12-4-2-1-3-5-12)17(24)21-14-9-19-22(10-14)11-16(23)20-13-6-7-13/h1-5,9-10,13,15H,6-8,11,18H2,(H,20,23)(H,21,24). The third-order valence-electron chi connectivity index (χ3n) is 3.90. The molecule has 1 atom stereocenters. The lowest BCUT2D eigenvalue weighted by molar-refractivity contribution is -0.122. The predicted octanol–water partition coefficient (Wildman–Crippen LogP) is 0.843. The molecule has 4 N–H and O–H groups in total. The first kappa shape index (κ1) is 16.2. The highest BCUT2D eigenvalue weighted by atomic mass is 16.2. The third kappa shape index (κ3) is 4.20. The molecule has 1 fully saturated rings. The Bertz CT molecular complexity index is 709. The summed E-state index contributed by atoms with van der Waals surface area (Å²) in [5.74, 6) is -0.680. The Hall–Kier alpha value is -2.67. The third-order valence-corrected chi connectivity index (χ3v) is 3.90. The molecule has 1 unspecified atom stereocenters. The molecule has 1 aromatic carbocycles. The molecule has 1 aromatic heterocycles. The summed E-state index contributed by atoms with van der Waals surface area (Å²) in [5, 5.41) is 9.81. The number of nitrogens with two attached hydrogens (primary N) is 1. The molecule has 0 spiro atoms. The number of rotatable bonds is 7. The maximum atomic E-state index is 12.4. The van der Waals surface area contributed by atoms with Crippen molar-refractivity contribution in [1.82, 2.24) is 15.1 Å². The fourth-order valence-electron chi connectivity index (χ4n) is 2.47. The normalized spacial score (nSPS) is 14.9. The Morgan fingerprint density at radius 1 is 1.29 bits per heavy atom. The molecule has 0 aliphatic heterocycles. The smallest absolute Gasteiger partial charge is 0.241 e. The van der Waals surface area contributed by atoms with E-state index >= 15 is 0 Å². The van der Waals surface area contributed by atoms with Gasteiger partial charge < -0.3 is 16.4 Å². The van der Waals surface area contributed by atoms with Gasteiger partial charge in [-0.1, -0.05) is 30.3 Å². The second kappa shape index (κ2) is 7.27. The van der Waals surface area contributed by atoms with E-state index in [1.54, 1.807) is 6.20 Å². The number of hydrogen-bond acceptors (Lipinski definition) is 4. The van der Waals surface area contributed by atoms with Gasteiger partial charge in [-0.25, -0.2) is 0 Å². The van der Waals surface area contributed by atoms with Crippen molar-refractivity contribution in [2.24, 2.45) is 5.73 Å².